The molecule has 11 heteroatoms. The van der Waals surface area contributed by atoms with E-state index in [0.29, 0.717) is 0 Å². The van der Waals surface area contributed by atoms with Crippen LogP contribution in [0.3, 0.4) is 0 Å². The summed E-state index contributed by atoms with van der Waals surface area (Å²) in [5.41, 5.74) is 0.738. The molecule has 1 rings (SSSR count). The second-order valence-corrected chi connectivity index (χ2v) is 6.80. The Labute approximate surface area is 137 Å². The fraction of sp³-hybridized carbons (Fsp3) is 0.333. The van der Waals surface area contributed by atoms with Gasteiger partial charge in [0, 0.05) is 0 Å². The molecule has 0 fully saturated rings. The average molecular weight is 340 g/mol. The third kappa shape index (κ3) is 5.02. The maximum absolute atomic E-state index is 12.8. The summed E-state index contributed by atoms with van der Waals surface area (Å²) in [5, 5.41) is -4.70. The molecule has 110 valence electrons. The minimum atomic E-state index is -5.74. The van der Waals surface area contributed by atoms with E-state index in [1.54, 1.807) is 6.92 Å². The van der Waals surface area contributed by atoms with Gasteiger partial charge in [0.05, 0.1) is 4.90 Å². The summed E-state index contributed by atoms with van der Waals surface area (Å²) in [7, 11) is -10.3. The molecule has 0 aromatic heterocycles. The number of rotatable bonds is 5. The third-order valence-electron chi connectivity index (χ3n) is 2.07. The predicted octanol–water partition coefficient (Wildman–Crippen LogP) is 0.532. The van der Waals surface area contributed by atoms with E-state index in [9.17, 15) is 25.6 Å². The number of hydrogen-bond donors (Lipinski definition) is 1. The second kappa shape index (κ2) is 6.77. The summed E-state index contributed by atoms with van der Waals surface area (Å²) in [6, 6.07) is 5.07. The molecule has 1 aromatic rings. The number of aryl methyl sites for hydroxylation is 1. The van der Waals surface area contributed by atoms with E-state index in [4.69, 9.17) is 4.55 Å². The van der Waals surface area contributed by atoms with E-state index in [2.05, 4.69) is 4.18 Å². The van der Waals surface area contributed by atoms with Crippen LogP contribution in [-0.2, 0) is 24.4 Å². The van der Waals surface area contributed by atoms with Crippen LogP contribution in [0, 0.1) is 6.92 Å². The number of alkyl halides is 2. The molecule has 0 aliphatic heterocycles. The first-order valence-electron chi connectivity index (χ1n) is 4.77. The van der Waals surface area contributed by atoms with Gasteiger partial charge in [0.25, 0.3) is 10.1 Å². The molecule has 0 heterocycles. The Kier molecular flexibility index (Phi) is 6.74. The summed E-state index contributed by atoms with van der Waals surface area (Å²) in [6.45, 7) is -0.314. The van der Waals surface area contributed by atoms with Crippen molar-refractivity contribution in [1.29, 1.82) is 0 Å². The summed E-state index contributed by atoms with van der Waals surface area (Å²) >= 11 is 0. The van der Waals surface area contributed by atoms with Crippen molar-refractivity contribution in [3.05, 3.63) is 29.8 Å². The molecule has 0 spiro atoms. The van der Waals surface area contributed by atoms with E-state index >= 15 is 0 Å². The zero-order valence-electron chi connectivity index (χ0n) is 9.58. The molecule has 1 N–H and O–H groups in total. The van der Waals surface area contributed by atoms with Crippen molar-refractivity contribution in [3.63, 3.8) is 0 Å². The Morgan fingerprint density at radius 3 is 2.00 bits per heavy atom. The molecular weight excluding hydrogens is 329 g/mol. The molecule has 6 nitrogen and oxygen atoms in total. The van der Waals surface area contributed by atoms with Crippen molar-refractivity contribution in [2.75, 3.05) is 6.61 Å². The molecule has 0 amide bonds. The van der Waals surface area contributed by atoms with Gasteiger partial charge in [0.1, 0.15) is 6.61 Å². The van der Waals surface area contributed by atoms with Gasteiger partial charge in [-0.25, -0.2) is 0 Å². The van der Waals surface area contributed by atoms with E-state index in [1.165, 1.54) is 12.1 Å². The first kappa shape index (κ1) is 19.9. The van der Waals surface area contributed by atoms with Crippen LogP contribution in [0.2, 0.25) is 0 Å². The van der Waals surface area contributed by atoms with E-state index in [0.717, 1.165) is 17.7 Å². The zero-order valence-corrected chi connectivity index (χ0v) is 11.2. The van der Waals surface area contributed by atoms with Crippen LogP contribution in [0.4, 0.5) is 8.78 Å². The summed E-state index contributed by atoms with van der Waals surface area (Å²) in [4.78, 5) is -0.399. The van der Waals surface area contributed by atoms with Gasteiger partial charge in [-0.05, 0) is 19.1 Å². The van der Waals surface area contributed by atoms with Gasteiger partial charge in [0.2, 0.25) is 0 Å². The van der Waals surface area contributed by atoms with Crippen molar-refractivity contribution < 1.29 is 34.4 Å². The van der Waals surface area contributed by atoms with Crippen molar-refractivity contribution in [1.82, 2.24) is 0 Å². The van der Waals surface area contributed by atoms with Crippen molar-refractivity contribution >= 4 is 49.8 Å². The van der Waals surface area contributed by atoms with Crippen LogP contribution in [0.1, 0.15) is 5.56 Å². The quantitative estimate of drug-likeness (QED) is 0.477. The molecule has 0 bridgehead atoms. The molecule has 0 atom stereocenters. The van der Waals surface area contributed by atoms with Crippen LogP contribution >= 0.6 is 0 Å². The number of benzene rings is 1. The maximum atomic E-state index is 12.8. The Bertz CT molecular complexity index is 654. The molecule has 0 saturated heterocycles. The molecular formula is C9H11F2NaO6S2. The zero-order chi connectivity index (χ0) is 14.9. The van der Waals surface area contributed by atoms with Gasteiger partial charge in [-0.1, -0.05) is 17.7 Å². The van der Waals surface area contributed by atoms with Crippen molar-refractivity contribution in [2.24, 2.45) is 0 Å². The average Bonchev–Trinajstić information content (AvgIpc) is 2.26. The van der Waals surface area contributed by atoms with Gasteiger partial charge in [0.15, 0.2) is 0 Å². The first-order valence-corrected chi connectivity index (χ1v) is 7.61. The fourth-order valence-corrected chi connectivity index (χ4v) is 2.18. The SMILES string of the molecule is Cc1ccc(S(=O)(=O)OCC(F)(F)S(=O)(=O)O)cc1.[NaH]. The van der Waals surface area contributed by atoms with Gasteiger partial charge in [-0.2, -0.15) is 25.6 Å². The van der Waals surface area contributed by atoms with Crippen molar-refractivity contribution in [2.45, 2.75) is 17.1 Å². The van der Waals surface area contributed by atoms with Gasteiger partial charge in [-0.3, -0.25) is 8.74 Å². The van der Waals surface area contributed by atoms with E-state index < -0.39 is 37.0 Å². The number of halogens is 2. The molecule has 0 aliphatic carbocycles. The fourth-order valence-electron chi connectivity index (χ4n) is 0.994. The molecule has 20 heavy (non-hydrogen) atoms. The summed E-state index contributed by atoms with van der Waals surface area (Å²) in [5.74, 6) is 0. The first-order chi connectivity index (χ1) is 8.46. The van der Waals surface area contributed by atoms with E-state index in [1.807, 2.05) is 0 Å². The molecule has 0 aliphatic rings. The normalized spacial score (nSPS) is 12.8. The van der Waals surface area contributed by atoms with Crippen LogP contribution in [0.15, 0.2) is 29.2 Å². The second-order valence-electron chi connectivity index (χ2n) is 3.64. The molecule has 0 saturated carbocycles. The Balaban J connectivity index is 0.00000361. The van der Waals surface area contributed by atoms with Crippen LogP contribution in [-0.4, -0.2) is 62.8 Å². The predicted molar refractivity (Wildman–Crippen MR) is 68.0 cm³/mol. The minimum absolute atomic E-state index is 0. The summed E-state index contributed by atoms with van der Waals surface area (Å²) in [6.07, 6.45) is 0. The van der Waals surface area contributed by atoms with E-state index in [-0.39, 0.29) is 29.6 Å². The molecule has 1 aromatic carbocycles. The van der Waals surface area contributed by atoms with Crippen LogP contribution in [0.5, 0.6) is 0 Å². The number of hydrogen-bond acceptors (Lipinski definition) is 5. The third-order valence-corrected chi connectivity index (χ3v) is 4.22. The van der Waals surface area contributed by atoms with Gasteiger partial charge in [-0.15, -0.1) is 0 Å². The van der Waals surface area contributed by atoms with Crippen molar-refractivity contribution in [3.8, 4) is 0 Å². The Hall–Kier alpha value is -0.100. The summed E-state index contributed by atoms with van der Waals surface area (Å²) < 4.78 is 81.3. The Morgan fingerprint density at radius 1 is 1.15 bits per heavy atom. The van der Waals surface area contributed by atoms with Gasteiger partial charge < -0.3 is 0 Å². The topological polar surface area (TPSA) is 97.7 Å². The monoisotopic (exact) mass is 340 g/mol. The molecule has 0 radical (unpaired) electrons. The van der Waals surface area contributed by atoms with Crippen LogP contribution < -0.4 is 0 Å². The van der Waals surface area contributed by atoms with Gasteiger partial charge >= 0.3 is 44.9 Å². The van der Waals surface area contributed by atoms with Crippen LogP contribution in [0.25, 0.3) is 0 Å². The molecule has 0 unspecified atom stereocenters. The Morgan fingerprint density at radius 2 is 1.60 bits per heavy atom. The standard InChI is InChI=1S/C9H10F2O6S2.Na.H/c1-7-2-4-8(5-3-7)18(12,13)17-6-9(10,11)19(14,15)16;;/h2-5H,6H2,1H3,(H,14,15,16);;.